The normalized spacial score (nSPS) is 17.6. The van der Waals surface area contributed by atoms with E-state index in [0.29, 0.717) is 5.92 Å². The van der Waals surface area contributed by atoms with Gasteiger partial charge in [-0.15, -0.1) is 35.1 Å². The number of rotatable bonds is 7. The van der Waals surface area contributed by atoms with E-state index >= 15 is 0 Å². The number of halogens is 1. The van der Waals surface area contributed by atoms with Gasteiger partial charge in [-0.05, 0) is 38.3 Å². The van der Waals surface area contributed by atoms with E-state index in [1.165, 1.54) is 26.9 Å². The van der Waals surface area contributed by atoms with Crippen LogP contribution in [0.2, 0.25) is 0 Å². The monoisotopic (exact) mass is 386 g/mol. The summed E-state index contributed by atoms with van der Waals surface area (Å²) in [5.74, 6) is 1.32. The van der Waals surface area contributed by atoms with Crippen molar-refractivity contribution in [1.82, 2.24) is 20.2 Å². The summed E-state index contributed by atoms with van der Waals surface area (Å²) >= 11 is 3.63. The highest BCUT2D eigenvalue weighted by Gasteiger charge is 2.20. The zero-order valence-corrected chi connectivity index (χ0v) is 17.1. The molecule has 7 heteroatoms. The van der Waals surface area contributed by atoms with Crippen molar-refractivity contribution in [2.45, 2.75) is 46.2 Å². The zero-order chi connectivity index (χ0) is 16.2. The van der Waals surface area contributed by atoms with E-state index in [2.05, 4.69) is 47.2 Å². The minimum atomic E-state index is 0. The molecule has 2 aromatic rings. The van der Waals surface area contributed by atoms with Gasteiger partial charge in [0.25, 0.3) is 0 Å². The summed E-state index contributed by atoms with van der Waals surface area (Å²) < 4.78 is 0. The van der Waals surface area contributed by atoms with Gasteiger partial charge in [0.15, 0.2) is 0 Å². The van der Waals surface area contributed by atoms with Gasteiger partial charge < -0.3 is 5.32 Å². The second-order valence-corrected chi connectivity index (χ2v) is 8.79. The highest BCUT2D eigenvalue weighted by molar-refractivity contribution is 7.11. The summed E-state index contributed by atoms with van der Waals surface area (Å²) in [6.07, 6.45) is 3.34. The lowest BCUT2D eigenvalue weighted by molar-refractivity contribution is 0.222. The second-order valence-electron chi connectivity index (χ2n) is 6.70. The number of thiazole rings is 2. The van der Waals surface area contributed by atoms with Gasteiger partial charge in [-0.3, -0.25) is 4.90 Å². The van der Waals surface area contributed by atoms with Crippen LogP contribution in [0.4, 0.5) is 0 Å². The summed E-state index contributed by atoms with van der Waals surface area (Å²) in [5.41, 5.74) is 3.13. The van der Waals surface area contributed by atoms with Crippen molar-refractivity contribution >= 4 is 35.1 Å². The Balaban J connectivity index is 0.00000208. The van der Waals surface area contributed by atoms with E-state index < -0.39 is 0 Å². The number of hydrogen-bond acceptors (Lipinski definition) is 6. The lowest BCUT2D eigenvalue weighted by atomic mass is 10.1. The van der Waals surface area contributed by atoms with Crippen LogP contribution < -0.4 is 5.32 Å². The molecule has 24 heavy (non-hydrogen) atoms. The van der Waals surface area contributed by atoms with Crippen LogP contribution in [0, 0.1) is 12.8 Å². The largest absolute Gasteiger partial charge is 0.316 e. The number of nitrogens with one attached hydrogen (secondary N) is 1. The third kappa shape index (κ3) is 5.23. The fraction of sp³-hybridized carbons (Fsp3) is 0.647. The first kappa shape index (κ1) is 19.8. The molecule has 0 spiro atoms. The Morgan fingerprint density at radius 1 is 1.33 bits per heavy atom. The van der Waals surface area contributed by atoms with Crippen molar-refractivity contribution in [1.29, 1.82) is 0 Å². The maximum atomic E-state index is 4.65. The van der Waals surface area contributed by atoms with Crippen molar-refractivity contribution in [3.8, 4) is 0 Å². The molecule has 0 radical (unpaired) electrons. The molecule has 1 atom stereocenters. The molecule has 1 aliphatic heterocycles. The molecule has 1 unspecified atom stereocenters. The Morgan fingerprint density at radius 3 is 2.75 bits per heavy atom. The molecule has 0 aliphatic carbocycles. The van der Waals surface area contributed by atoms with Crippen molar-refractivity contribution < 1.29 is 0 Å². The first-order chi connectivity index (χ1) is 11.1. The molecule has 1 fully saturated rings. The Bertz CT molecular complexity index is 620. The van der Waals surface area contributed by atoms with Crippen molar-refractivity contribution in [3.63, 3.8) is 0 Å². The average Bonchev–Trinajstić information content (AvgIpc) is 3.23. The van der Waals surface area contributed by atoms with Crippen molar-refractivity contribution in [2.75, 3.05) is 19.6 Å². The highest BCUT2D eigenvalue weighted by atomic mass is 35.5. The zero-order valence-electron chi connectivity index (χ0n) is 14.6. The quantitative estimate of drug-likeness (QED) is 0.778. The van der Waals surface area contributed by atoms with Gasteiger partial charge in [0.1, 0.15) is 5.01 Å². The fourth-order valence-electron chi connectivity index (χ4n) is 2.96. The Hall–Kier alpha value is -0.530. The van der Waals surface area contributed by atoms with Crippen LogP contribution in [-0.4, -0.2) is 34.5 Å². The summed E-state index contributed by atoms with van der Waals surface area (Å²) in [6, 6.07) is 0. The standard InChI is InChI=1S/C17H26N4S2.ClH/c1-12(2)15-7-19-17(23-15)10-21(8-14-4-5-18-6-14)9-16-13(3)20-11-22-16;/h7,11-12,14,18H,4-6,8-10H2,1-3H3;1H. The predicted molar refractivity (Wildman–Crippen MR) is 105 cm³/mol. The Labute approximate surface area is 159 Å². The van der Waals surface area contributed by atoms with Gasteiger partial charge in [-0.25, -0.2) is 9.97 Å². The number of aromatic nitrogens is 2. The molecule has 3 rings (SSSR count). The van der Waals surface area contributed by atoms with Crippen LogP contribution in [-0.2, 0) is 13.1 Å². The molecular formula is C17H27ClN4S2. The smallest absolute Gasteiger partial charge is 0.107 e. The van der Waals surface area contributed by atoms with E-state index in [0.717, 1.165) is 38.6 Å². The van der Waals surface area contributed by atoms with Crippen LogP contribution in [0.3, 0.4) is 0 Å². The third-order valence-electron chi connectivity index (χ3n) is 4.39. The molecule has 0 aromatic carbocycles. The molecular weight excluding hydrogens is 360 g/mol. The van der Waals surface area contributed by atoms with Crippen LogP contribution in [0.25, 0.3) is 0 Å². The van der Waals surface area contributed by atoms with E-state index in [9.17, 15) is 0 Å². The minimum absolute atomic E-state index is 0. The topological polar surface area (TPSA) is 41.1 Å². The molecule has 1 aliphatic rings. The molecule has 0 saturated carbocycles. The van der Waals surface area contributed by atoms with Gasteiger partial charge in [0.2, 0.25) is 0 Å². The summed E-state index contributed by atoms with van der Waals surface area (Å²) in [5, 5.41) is 4.72. The van der Waals surface area contributed by atoms with Crippen LogP contribution in [0.15, 0.2) is 11.7 Å². The van der Waals surface area contributed by atoms with Gasteiger partial charge in [-0.1, -0.05) is 13.8 Å². The molecule has 0 bridgehead atoms. The summed E-state index contributed by atoms with van der Waals surface area (Å²) in [4.78, 5) is 14.4. The first-order valence-electron chi connectivity index (χ1n) is 8.38. The van der Waals surface area contributed by atoms with Crippen LogP contribution in [0.1, 0.15) is 46.6 Å². The molecule has 1 N–H and O–H groups in total. The van der Waals surface area contributed by atoms with Crippen LogP contribution in [0.5, 0.6) is 0 Å². The average molecular weight is 387 g/mol. The van der Waals surface area contributed by atoms with E-state index in [1.54, 1.807) is 11.3 Å². The second kappa shape index (κ2) is 9.25. The minimum Gasteiger partial charge on any atom is -0.316 e. The molecule has 0 amide bonds. The molecule has 4 nitrogen and oxygen atoms in total. The number of nitrogens with zero attached hydrogens (tertiary/aromatic N) is 3. The van der Waals surface area contributed by atoms with Gasteiger partial charge in [0, 0.05) is 29.0 Å². The molecule has 3 heterocycles. The van der Waals surface area contributed by atoms with Gasteiger partial charge >= 0.3 is 0 Å². The first-order valence-corrected chi connectivity index (χ1v) is 10.1. The number of aryl methyl sites for hydroxylation is 1. The van der Waals surface area contributed by atoms with Gasteiger partial charge in [-0.2, -0.15) is 0 Å². The molecule has 1 saturated heterocycles. The third-order valence-corrected chi connectivity index (χ3v) is 6.59. The van der Waals surface area contributed by atoms with E-state index in [-0.39, 0.29) is 12.4 Å². The Kier molecular flexibility index (Phi) is 7.62. The maximum Gasteiger partial charge on any atom is 0.107 e. The Morgan fingerprint density at radius 2 is 2.17 bits per heavy atom. The maximum absolute atomic E-state index is 4.65. The molecule has 134 valence electrons. The molecule has 2 aromatic heterocycles. The fourth-order valence-corrected chi connectivity index (χ4v) is 4.74. The SMILES string of the molecule is Cc1ncsc1CN(Cc1ncc(C(C)C)s1)CC1CCNC1.Cl. The lowest BCUT2D eigenvalue weighted by Crippen LogP contribution is -2.29. The predicted octanol–water partition coefficient (Wildman–Crippen LogP) is 4.06. The van der Waals surface area contributed by atoms with E-state index in [4.69, 9.17) is 0 Å². The summed E-state index contributed by atoms with van der Waals surface area (Å²) in [7, 11) is 0. The van der Waals surface area contributed by atoms with Crippen molar-refractivity contribution in [3.05, 3.63) is 32.2 Å². The lowest BCUT2D eigenvalue weighted by Gasteiger charge is -2.24. The van der Waals surface area contributed by atoms with Crippen LogP contribution >= 0.6 is 35.1 Å². The van der Waals surface area contributed by atoms with Gasteiger partial charge in [0.05, 0.1) is 17.7 Å². The number of hydrogen-bond donors (Lipinski definition) is 1. The highest BCUT2D eigenvalue weighted by Crippen LogP contribution is 2.25. The summed E-state index contributed by atoms with van der Waals surface area (Å²) in [6.45, 7) is 12.0. The van der Waals surface area contributed by atoms with E-state index in [1.807, 2.05) is 16.8 Å². The van der Waals surface area contributed by atoms with Crippen molar-refractivity contribution in [2.24, 2.45) is 5.92 Å².